The van der Waals surface area contributed by atoms with E-state index in [0.717, 1.165) is 5.75 Å². The van der Waals surface area contributed by atoms with Crippen LogP contribution in [0.4, 0.5) is 0 Å². The maximum Gasteiger partial charge on any atom is 0.323 e. The zero-order chi connectivity index (χ0) is 12.7. The van der Waals surface area contributed by atoms with Crippen LogP contribution in [0.3, 0.4) is 0 Å². The molecule has 0 aliphatic carbocycles. The number of carbonyl (C=O) groups excluding carboxylic acids is 1. The van der Waals surface area contributed by atoms with Crippen molar-refractivity contribution in [1.82, 2.24) is 0 Å². The van der Waals surface area contributed by atoms with Crippen LogP contribution in [0.15, 0.2) is 24.3 Å². The first-order valence-electron chi connectivity index (χ1n) is 5.69. The summed E-state index contributed by atoms with van der Waals surface area (Å²) in [7, 11) is 0. The SMILES string of the molecule is CCOC(=O)C(N)CSCc1ccc(C)cc1. The molecule has 0 fully saturated rings. The van der Waals surface area contributed by atoms with E-state index in [1.165, 1.54) is 11.1 Å². The van der Waals surface area contributed by atoms with Crippen LogP contribution < -0.4 is 5.73 Å². The topological polar surface area (TPSA) is 52.3 Å². The molecule has 1 rings (SSSR count). The number of hydrogen-bond donors (Lipinski definition) is 1. The Labute approximate surface area is 107 Å². The second kappa shape index (κ2) is 7.35. The van der Waals surface area contributed by atoms with Crippen molar-refractivity contribution in [3.05, 3.63) is 35.4 Å². The summed E-state index contributed by atoms with van der Waals surface area (Å²) < 4.78 is 4.84. The van der Waals surface area contributed by atoms with Gasteiger partial charge in [-0.25, -0.2) is 0 Å². The summed E-state index contributed by atoms with van der Waals surface area (Å²) in [5, 5.41) is 0. The first kappa shape index (κ1) is 14.1. The van der Waals surface area contributed by atoms with Crippen molar-refractivity contribution in [3.63, 3.8) is 0 Å². The third-order valence-corrected chi connectivity index (χ3v) is 3.41. The molecule has 3 nitrogen and oxygen atoms in total. The van der Waals surface area contributed by atoms with Gasteiger partial charge in [0.2, 0.25) is 0 Å². The number of carbonyl (C=O) groups is 1. The average Bonchev–Trinajstić information content (AvgIpc) is 2.32. The van der Waals surface area contributed by atoms with E-state index in [1.807, 2.05) is 0 Å². The molecule has 2 N–H and O–H groups in total. The maximum atomic E-state index is 11.3. The highest BCUT2D eigenvalue weighted by molar-refractivity contribution is 7.98. The lowest BCUT2D eigenvalue weighted by molar-refractivity contribution is -0.144. The van der Waals surface area contributed by atoms with Gasteiger partial charge in [-0.1, -0.05) is 29.8 Å². The monoisotopic (exact) mass is 253 g/mol. The number of hydrogen-bond acceptors (Lipinski definition) is 4. The van der Waals surface area contributed by atoms with Gasteiger partial charge in [0.15, 0.2) is 0 Å². The van der Waals surface area contributed by atoms with Crippen molar-refractivity contribution >= 4 is 17.7 Å². The van der Waals surface area contributed by atoms with Crippen molar-refractivity contribution in [1.29, 1.82) is 0 Å². The molecule has 0 saturated heterocycles. The summed E-state index contributed by atoms with van der Waals surface area (Å²) in [6.45, 7) is 4.23. The third-order valence-electron chi connectivity index (χ3n) is 2.28. The minimum atomic E-state index is -0.523. The lowest BCUT2D eigenvalue weighted by atomic mass is 10.2. The number of nitrogens with two attached hydrogens (primary N) is 1. The highest BCUT2D eigenvalue weighted by Gasteiger charge is 2.13. The van der Waals surface area contributed by atoms with Crippen LogP contribution in [-0.4, -0.2) is 24.4 Å². The zero-order valence-corrected chi connectivity index (χ0v) is 11.1. The Kier molecular flexibility index (Phi) is 6.08. The fourth-order valence-electron chi connectivity index (χ4n) is 1.31. The van der Waals surface area contributed by atoms with Crippen LogP contribution in [0, 0.1) is 6.92 Å². The van der Waals surface area contributed by atoms with Gasteiger partial charge in [-0.15, -0.1) is 0 Å². The van der Waals surface area contributed by atoms with Gasteiger partial charge in [-0.05, 0) is 19.4 Å². The molecule has 17 heavy (non-hydrogen) atoms. The zero-order valence-electron chi connectivity index (χ0n) is 10.3. The molecule has 0 heterocycles. The largest absolute Gasteiger partial charge is 0.465 e. The van der Waals surface area contributed by atoms with Gasteiger partial charge >= 0.3 is 5.97 Å². The van der Waals surface area contributed by atoms with E-state index in [4.69, 9.17) is 10.5 Å². The van der Waals surface area contributed by atoms with E-state index >= 15 is 0 Å². The Morgan fingerprint density at radius 2 is 2.06 bits per heavy atom. The molecule has 0 bridgehead atoms. The molecule has 0 aliphatic heterocycles. The van der Waals surface area contributed by atoms with Crippen molar-refractivity contribution in [2.75, 3.05) is 12.4 Å². The summed E-state index contributed by atoms with van der Waals surface area (Å²) in [6, 6.07) is 7.84. The molecule has 1 aromatic rings. The summed E-state index contributed by atoms with van der Waals surface area (Å²) in [6.07, 6.45) is 0. The molecule has 0 spiro atoms. The third kappa shape index (κ3) is 5.24. The number of rotatable bonds is 6. The number of ether oxygens (including phenoxy) is 1. The molecule has 1 unspecified atom stereocenters. The number of thioether (sulfide) groups is 1. The molecule has 1 atom stereocenters. The fraction of sp³-hybridized carbons (Fsp3) is 0.462. The molecular weight excluding hydrogens is 234 g/mol. The highest BCUT2D eigenvalue weighted by Crippen LogP contribution is 2.13. The standard InChI is InChI=1S/C13H19NO2S/c1-3-16-13(15)12(14)9-17-8-11-6-4-10(2)5-7-11/h4-7,12H,3,8-9,14H2,1-2H3. The summed E-state index contributed by atoms with van der Waals surface area (Å²) in [5.74, 6) is 1.14. The van der Waals surface area contributed by atoms with Crippen LogP contribution in [-0.2, 0) is 15.3 Å². The first-order valence-corrected chi connectivity index (χ1v) is 6.84. The van der Waals surface area contributed by atoms with Crippen LogP contribution in [0.25, 0.3) is 0 Å². The molecule has 0 aliphatic rings. The second-order valence-corrected chi connectivity index (χ2v) is 4.89. The molecule has 0 saturated carbocycles. The molecule has 1 aromatic carbocycles. The van der Waals surface area contributed by atoms with E-state index in [1.54, 1.807) is 18.7 Å². The predicted octanol–water partition coefficient (Wildman–Crippen LogP) is 2.12. The quantitative estimate of drug-likeness (QED) is 0.789. The average molecular weight is 253 g/mol. The van der Waals surface area contributed by atoms with Gasteiger partial charge < -0.3 is 10.5 Å². The predicted molar refractivity (Wildman–Crippen MR) is 71.9 cm³/mol. The fourth-order valence-corrected chi connectivity index (χ4v) is 2.24. The van der Waals surface area contributed by atoms with E-state index in [9.17, 15) is 4.79 Å². The summed E-state index contributed by atoms with van der Waals surface area (Å²) in [5.41, 5.74) is 8.19. The first-order chi connectivity index (χ1) is 8.13. The van der Waals surface area contributed by atoms with E-state index in [2.05, 4.69) is 31.2 Å². The Hall–Kier alpha value is -1.00. The van der Waals surface area contributed by atoms with Gasteiger partial charge in [-0.2, -0.15) is 11.8 Å². The number of esters is 1. The minimum Gasteiger partial charge on any atom is -0.465 e. The van der Waals surface area contributed by atoms with Crippen LogP contribution in [0.2, 0.25) is 0 Å². The number of aryl methyl sites for hydroxylation is 1. The minimum absolute atomic E-state index is 0.316. The van der Waals surface area contributed by atoms with Gasteiger partial charge in [0.05, 0.1) is 6.61 Å². The molecular formula is C13H19NO2S. The van der Waals surface area contributed by atoms with Crippen molar-refractivity contribution in [2.45, 2.75) is 25.6 Å². The summed E-state index contributed by atoms with van der Waals surface area (Å²) in [4.78, 5) is 11.3. The molecule has 0 aromatic heterocycles. The Morgan fingerprint density at radius 1 is 1.41 bits per heavy atom. The van der Waals surface area contributed by atoms with Gasteiger partial charge in [0.1, 0.15) is 6.04 Å². The van der Waals surface area contributed by atoms with Crippen LogP contribution in [0.1, 0.15) is 18.1 Å². The molecule has 4 heteroatoms. The van der Waals surface area contributed by atoms with Gasteiger partial charge in [-0.3, -0.25) is 4.79 Å². The van der Waals surface area contributed by atoms with Gasteiger partial charge in [0.25, 0.3) is 0 Å². The lowest BCUT2D eigenvalue weighted by Crippen LogP contribution is -2.34. The van der Waals surface area contributed by atoms with Crippen LogP contribution >= 0.6 is 11.8 Å². The van der Waals surface area contributed by atoms with E-state index in [0.29, 0.717) is 12.4 Å². The highest BCUT2D eigenvalue weighted by atomic mass is 32.2. The number of benzene rings is 1. The second-order valence-electron chi connectivity index (χ2n) is 3.86. The van der Waals surface area contributed by atoms with Gasteiger partial charge in [0, 0.05) is 11.5 Å². The normalized spacial score (nSPS) is 12.2. The Balaban J connectivity index is 2.27. The van der Waals surface area contributed by atoms with E-state index < -0.39 is 6.04 Å². The van der Waals surface area contributed by atoms with Crippen molar-refractivity contribution in [2.24, 2.45) is 5.73 Å². The van der Waals surface area contributed by atoms with Crippen LogP contribution in [0.5, 0.6) is 0 Å². The van der Waals surface area contributed by atoms with Crippen molar-refractivity contribution in [3.8, 4) is 0 Å². The molecule has 0 radical (unpaired) electrons. The smallest absolute Gasteiger partial charge is 0.323 e. The maximum absolute atomic E-state index is 11.3. The Morgan fingerprint density at radius 3 is 2.65 bits per heavy atom. The van der Waals surface area contributed by atoms with Crippen molar-refractivity contribution < 1.29 is 9.53 Å². The lowest BCUT2D eigenvalue weighted by Gasteiger charge is -2.10. The summed E-state index contributed by atoms with van der Waals surface area (Å²) >= 11 is 1.65. The molecule has 0 amide bonds. The van der Waals surface area contributed by atoms with E-state index in [-0.39, 0.29) is 5.97 Å². The molecule has 94 valence electrons. The Bertz CT molecular complexity index is 351.